The van der Waals surface area contributed by atoms with Crippen molar-refractivity contribution >= 4 is 68.2 Å². The highest BCUT2D eigenvalue weighted by Gasteiger charge is 2.08. The van der Waals surface area contributed by atoms with Crippen LogP contribution in [-0.2, 0) is 0 Å². The number of anilines is 2. The number of para-hydroxylation sites is 1. The Bertz CT molecular complexity index is 792. The lowest BCUT2D eigenvalue weighted by Gasteiger charge is -2.10. The second-order valence-electron chi connectivity index (χ2n) is 4.11. The minimum Gasteiger partial charge on any atom is -0.339 e. The summed E-state index contributed by atoms with van der Waals surface area (Å²) in [7, 11) is 0. The minimum absolute atomic E-state index is 0.218. The van der Waals surface area contributed by atoms with Crippen molar-refractivity contribution in [2.24, 2.45) is 0 Å². The predicted molar refractivity (Wildman–Crippen MR) is 92.0 cm³/mol. The lowest BCUT2D eigenvalue weighted by atomic mass is 10.2. The van der Waals surface area contributed by atoms with Gasteiger partial charge in [0.1, 0.15) is 5.82 Å². The van der Waals surface area contributed by atoms with Gasteiger partial charge in [-0.2, -0.15) is 4.98 Å². The van der Waals surface area contributed by atoms with Crippen molar-refractivity contribution < 1.29 is 0 Å². The average Bonchev–Trinajstić information content (AvgIpc) is 2.41. The van der Waals surface area contributed by atoms with E-state index >= 15 is 0 Å². The molecule has 0 spiro atoms. The molecule has 2 aromatic carbocycles. The molecule has 0 saturated carbocycles. The number of halogens is 3. The van der Waals surface area contributed by atoms with Crippen molar-refractivity contribution in [2.45, 2.75) is 0 Å². The average molecular weight is 416 g/mol. The van der Waals surface area contributed by atoms with Gasteiger partial charge < -0.3 is 5.32 Å². The van der Waals surface area contributed by atoms with Crippen LogP contribution in [-0.4, -0.2) is 9.97 Å². The van der Waals surface area contributed by atoms with Gasteiger partial charge in [-0.15, -0.1) is 0 Å². The molecule has 20 heavy (non-hydrogen) atoms. The standard InChI is InChI=1S/C14H8Cl2IN3/c15-8-5-6-12(10(17)7-8)18-13-9-3-1-2-4-11(9)19-14(16)20-13/h1-7H,(H,18,19,20). The Balaban J connectivity index is 2.10. The Hall–Kier alpha value is -1.11. The molecule has 0 aliphatic carbocycles. The van der Waals surface area contributed by atoms with E-state index in [1.165, 1.54) is 0 Å². The molecule has 1 heterocycles. The van der Waals surface area contributed by atoms with Crippen LogP contribution < -0.4 is 5.32 Å². The lowest BCUT2D eigenvalue weighted by molar-refractivity contribution is 1.22. The first kappa shape index (κ1) is 13.9. The molecule has 6 heteroatoms. The summed E-state index contributed by atoms with van der Waals surface area (Å²) < 4.78 is 1.01. The number of benzene rings is 2. The van der Waals surface area contributed by atoms with Crippen molar-refractivity contribution in [1.82, 2.24) is 9.97 Å². The predicted octanol–water partition coefficient (Wildman–Crippen LogP) is 5.28. The first-order valence-electron chi connectivity index (χ1n) is 5.78. The van der Waals surface area contributed by atoms with E-state index in [1.807, 2.05) is 42.5 Å². The van der Waals surface area contributed by atoms with Crippen LogP contribution in [0.25, 0.3) is 10.9 Å². The molecule has 0 radical (unpaired) electrons. The van der Waals surface area contributed by atoms with Crippen molar-refractivity contribution in [1.29, 1.82) is 0 Å². The van der Waals surface area contributed by atoms with E-state index in [1.54, 1.807) is 0 Å². The molecule has 0 unspecified atom stereocenters. The minimum atomic E-state index is 0.218. The van der Waals surface area contributed by atoms with E-state index in [0.29, 0.717) is 10.8 Å². The SMILES string of the molecule is Clc1ccc(Nc2nc(Cl)nc3ccccc23)c(I)c1. The molecule has 3 rings (SSSR count). The van der Waals surface area contributed by atoms with Gasteiger partial charge in [-0.05, 0) is 64.5 Å². The van der Waals surface area contributed by atoms with E-state index in [9.17, 15) is 0 Å². The maximum absolute atomic E-state index is 5.97. The number of rotatable bonds is 2. The van der Waals surface area contributed by atoms with E-state index in [2.05, 4.69) is 37.9 Å². The third-order valence-electron chi connectivity index (χ3n) is 2.76. The molecular formula is C14H8Cl2IN3. The first-order chi connectivity index (χ1) is 9.63. The fraction of sp³-hybridized carbons (Fsp3) is 0. The van der Waals surface area contributed by atoms with Crippen molar-refractivity contribution in [2.75, 3.05) is 5.32 Å². The molecule has 1 aromatic heterocycles. The van der Waals surface area contributed by atoms with Crippen LogP contribution in [0, 0.1) is 3.57 Å². The van der Waals surface area contributed by atoms with E-state index < -0.39 is 0 Å². The highest BCUT2D eigenvalue weighted by atomic mass is 127. The van der Waals surface area contributed by atoms with Crippen molar-refractivity contribution in [3.63, 3.8) is 0 Å². The Morgan fingerprint density at radius 2 is 1.80 bits per heavy atom. The lowest BCUT2D eigenvalue weighted by Crippen LogP contribution is -1.98. The van der Waals surface area contributed by atoms with Gasteiger partial charge in [0.05, 0.1) is 11.2 Å². The Morgan fingerprint density at radius 3 is 2.60 bits per heavy atom. The molecule has 1 N–H and O–H groups in total. The maximum atomic E-state index is 5.97. The van der Waals surface area contributed by atoms with Gasteiger partial charge in [-0.3, -0.25) is 0 Å². The summed E-state index contributed by atoms with van der Waals surface area (Å²) in [4.78, 5) is 8.47. The second kappa shape index (κ2) is 5.71. The van der Waals surface area contributed by atoms with Crippen molar-refractivity contribution in [3.8, 4) is 0 Å². The largest absolute Gasteiger partial charge is 0.339 e. The van der Waals surface area contributed by atoms with Gasteiger partial charge in [0.15, 0.2) is 0 Å². The molecule has 0 bridgehead atoms. The Kier molecular flexibility index (Phi) is 3.96. The van der Waals surface area contributed by atoms with Crippen LogP contribution in [0.5, 0.6) is 0 Å². The topological polar surface area (TPSA) is 37.8 Å². The molecular weight excluding hydrogens is 408 g/mol. The highest BCUT2D eigenvalue weighted by molar-refractivity contribution is 14.1. The zero-order valence-electron chi connectivity index (χ0n) is 10.1. The molecule has 0 fully saturated rings. The monoisotopic (exact) mass is 415 g/mol. The van der Waals surface area contributed by atoms with Crippen LogP contribution in [0.1, 0.15) is 0 Å². The number of nitrogens with zero attached hydrogens (tertiary/aromatic N) is 2. The number of aromatic nitrogens is 2. The molecule has 0 amide bonds. The smallest absolute Gasteiger partial charge is 0.224 e. The summed E-state index contributed by atoms with van der Waals surface area (Å²) >= 11 is 14.2. The van der Waals surface area contributed by atoms with E-state index in [0.717, 1.165) is 20.2 Å². The highest BCUT2D eigenvalue weighted by Crippen LogP contribution is 2.28. The van der Waals surface area contributed by atoms with Gasteiger partial charge >= 0.3 is 0 Å². The van der Waals surface area contributed by atoms with Gasteiger partial charge in [0.25, 0.3) is 0 Å². The van der Waals surface area contributed by atoms with E-state index in [4.69, 9.17) is 23.2 Å². The number of hydrogen-bond donors (Lipinski definition) is 1. The first-order valence-corrected chi connectivity index (χ1v) is 7.61. The fourth-order valence-corrected chi connectivity index (χ4v) is 3.04. The third-order valence-corrected chi connectivity index (χ3v) is 4.06. The zero-order valence-corrected chi connectivity index (χ0v) is 13.7. The molecule has 0 atom stereocenters. The second-order valence-corrected chi connectivity index (χ2v) is 6.04. The molecule has 100 valence electrons. The van der Waals surface area contributed by atoms with Crippen LogP contribution in [0.4, 0.5) is 11.5 Å². The van der Waals surface area contributed by atoms with Crippen LogP contribution in [0.2, 0.25) is 10.3 Å². The molecule has 0 saturated heterocycles. The number of hydrogen-bond acceptors (Lipinski definition) is 3. The fourth-order valence-electron chi connectivity index (χ4n) is 1.86. The summed E-state index contributed by atoms with van der Waals surface area (Å²) in [6, 6.07) is 13.3. The number of fused-ring (bicyclic) bond motifs is 1. The van der Waals surface area contributed by atoms with Crippen molar-refractivity contribution in [3.05, 3.63) is 56.3 Å². The van der Waals surface area contributed by atoms with Crippen LogP contribution >= 0.6 is 45.8 Å². The zero-order chi connectivity index (χ0) is 14.1. The summed E-state index contributed by atoms with van der Waals surface area (Å²) in [5.74, 6) is 0.681. The van der Waals surface area contributed by atoms with Crippen LogP contribution in [0.15, 0.2) is 42.5 Å². The molecule has 3 nitrogen and oxygen atoms in total. The van der Waals surface area contributed by atoms with E-state index in [-0.39, 0.29) is 5.28 Å². The normalized spacial score (nSPS) is 10.8. The quantitative estimate of drug-likeness (QED) is 0.456. The Labute approximate surface area is 139 Å². The van der Waals surface area contributed by atoms with Gasteiger partial charge in [-0.1, -0.05) is 23.7 Å². The number of nitrogens with one attached hydrogen (secondary N) is 1. The summed E-state index contributed by atoms with van der Waals surface area (Å²) in [5.41, 5.74) is 1.73. The van der Waals surface area contributed by atoms with Gasteiger partial charge in [0, 0.05) is 14.0 Å². The molecule has 0 aliphatic heterocycles. The Morgan fingerprint density at radius 1 is 1.00 bits per heavy atom. The molecule has 3 aromatic rings. The summed E-state index contributed by atoms with van der Waals surface area (Å²) in [5, 5.41) is 5.12. The molecule has 0 aliphatic rings. The summed E-state index contributed by atoms with van der Waals surface area (Å²) in [6.45, 7) is 0. The van der Waals surface area contributed by atoms with Gasteiger partial charge in [0.2, 0.25) is 5.28 Å². The maximum Gasteiger partial charge on any atom is 0.224 e. The van der Waals surface area contributed by atoms with Gasteiger partial charge in [-0.25, -0.2) is 4.98 Å². The van der Waals surface area contributed by atoms with Crippen LogP contribution in [0.3, 0.4) is 0 Å². The summed E-state index contributed by atoms with van der Waals surface area (Å²) in [6.07, 6.45) is 0. The third kappa shape index (κ3) is 2.82.